The number of hydrogen-bond donors (Lipinski definition) is 2. The van der Waals surface area contributed by atoms with Gasteiger partial charge in [-0.2, -0.15) is 0 Å². The summed E-state index contributed by atoms with van der Waals surface area (Å²) >= 11 is 1.73. The first-order valence-electron chi connectivity index (χ1n) is 8.73. The van der Waals surface area contributed by atoms with Gasteiger partial charge in [0.25, 0.3) is 0 Å². The van der Waals surface area contributed by atoms with Gasteiger partial charge in [0, 0.05) is 31.1 Å². The Hall–Kier alpha value is -0.900. The highest BCUT2D eigenvalue weighted by Gasteiger charge is 2.03. The molecule has 6 nitrogen and oxygen atoms in total. The Balaban J connectivity index is 0.00000576. The first kappa shape index (κ1) is 24.1. The summed E-state index contributed by atoms with van der Waals surface area (Å²) in [6, 6.07) is 0. The maximum Gasteiger partial charge on any atom is 0.305 e. The maximum atomic E-state index is 11.2. The van der Waals surface area contributed by atoms with Crippen LogP contribution in [0, 0.1) is 0 Å². The standard InChI is InChI=1S/C17H30N4O2S.HI/c1-4-14-12-20-15(24-14)13-21-17(18-3)19-11-9-7-6-8-10-16(22)23-5-2;/h12H,4-11,13H2,1-3H3,(H2,18,19,21);1H. The van der Waals surface area contributed by atoms with E-state index in [0.29, 0.717) is 19.6 Å². The van der Waals surface area contributed by atoms with Crippen molar-refractivity contribution in [3.8, 4) is 0 Å². The van der Waals surface area contributed by atoms with Crippen molar-refractivity contribution >= 4 is 47.2 Å². The largest absolute Gasteiger partial charge is 0.466 e. The molecule has 0 saturated carbocycles. The topological polar surface area (TPSA) is 75.6 Å². The second-order valence-corrected chi connectivity index (χ2v) is 6.60. The molecule has 0 aliphatic rings. The van der Waals surface area contributed by atoms with E-state index in [-0.39, 0.29) is 29.9 Å². The van der Waals surface area contributed by atoms with E-state index in [9.17, 15) is 4.79 Å². The molecular formula is C17H31IN4O2S. The van der Waals surface area contributed by atoms with Crippen LogP contribution in [0.25, 0.3) is 0 Å². The number of ether oxygens (including phenoxy) is 1. The van der Waals surface area contributed by atoms with Gasteiger partial charge in [-0.3, -0.25) is 9.79 Å². The van der Waals surface area contributed by atoms with Gasteiger partial charge in [0.05, 0.1) is 13.2 Å². The highest BCUT2D eigenvalue weighted by Crippen LogP contribution is 2.12. The van der Waals surface area contributed by atoms with Gasteiger partial charge in [-0.05, 0) is 26.2 Å². The van der Waals surface area contributed by atoms with Crippen LogP contribution in [-0.4, -0.2) is 37.1 Å². The first-order chi connectivity index (χ1) is 11.7. The smallest absolute Gasteiger partial charge is 0.305 e. The van der Waals surface area contributed by atoms with Gasteiger partial charge >= 0.3 is 5.97 Å². The molecule has 0 amide bonds. The maximum absolute atomic E-state index is 11.2. The minimum atomic E-state index is -0.0892. The highest BCUT2D eigenvalue weighted by molar-refractivity contribution is 14.0. The third-order valence-corrected chi connectivity index (χ3v) is 4.63. The Morgan fingerprint density at radius 2 is 2.00 bits per heavy atom. The number of aryl methyl sites for hydroxylation is 1. The fraction of sp³-hybridized carbons (Fsp3) is 0.706. The molecule has 2 N–H and O–H groups in total. The van der Waals surface area contributed by atoms with Crippen LogP contribution in [0.5, 0.6) is 0 Å². The lowest BCUT2D eigenvalue weighted by Crippen LogP contribution is -2.37. The Bertz CT molecular complexity index is 509. The van der Waals surface area contributed by atoms with Crippen molar-refractivity contribution in [3.05, 3.63) is 16.1 Å². The number of thiazole rings is 1. The van der Waals surface area contributed by atoms with Crippen LogP contribution in [0.3, 0.4) is 0 Å². The predicted molar refractivity (Wildman–Crippen MR) is 115 cm³/mol. The quantitative estimate of drug-likeness (QED) is 0.166. The molecule has 0 atom stereocenters. The van der Waals surface area contributed by atoms with Crippen molar-refractivity contribution in [2.75, 3.05) is 20.2 Å². The van der Waals surface area contributed by atoms with E-state index in [1.54, 1.807) is 18.4 Å². The number of unbranched alkanes of at least 4 members (excludes halogenated alkanes) is 3. The van der Waals surface area contributed by atoms with Crippen LogP contribution in [0.2, 0.25) is 0 Å². The molecule has 0 fully saturated rings. The summed E-state index contributed by atoms with van der Waals surface area (Å²) in [4.78, 5) is 21.1. The molecule has 25 heavy (non-hydrogen) atoms. The van der Waals surface area contributed by atoms with Gasteiger partial charge in [0.1, 0.15) is 5.01 Å². The Labute approximate surface area is 172 Å². The lowest BCUT2D eigenvalue weighted by Gasteiger charge is -2.10. The van der Waals surface area contributed by atoms with Crippen LogP contribution in [0.15, 0.2) is 11.2 Å². The van der Waals surface area contributed by atoms with E-state index in [1.807, 2.05) is 13.1 Å². The van der Waals surface area contributed by atoms with Crippen molar-refractivity contribution in [2.45, 2.75) is 58.9 Å². The van der Waals surface area contributed by atoms with Gasteiger partial charge in [-0.1, -0.05) is 19.8 Å². The second-order valence-electron chi connectivity index (χ2n) is 5.40. The summed E-state index contributed by atoms with van der Waals surface area (Å²) in [5, 5.41) is 7.66. The molecule has 0 saturated heterocycles. The zero-order valence-electron chi connectivity index (χ0n) is 15.5. The minimum Gasteiger partial charge on any atom is -0.466 e. The third kappa shape index (κ3) is 11.4. The number of aromatic nitrogens is 1. The molecule has 0 radical (unpaired) electrons. The number of carbonyl (C=O) groups is 1. The Morgan fingerprint density at radius 1 is 1.24 bits per heavy atom. The highest BCUT2D eigenvalue weighted by atomic mass is 127. The van der Waals surface area contributed by atoms with Crippen molar-refractivity contribution < 1.29 is 9.53 Å². The molecule has 8 heteroatoms. The number of hydrogen-bond acceptors (Lipinski definition) is 5. The molecule has 0 aliphatic carbocycles. The zero-order valence-corrected chi connectivity index (χ0v) is 18.6. The van der Waals surface area contributed by atoms with Gasteiger partial charge in [-0.25, -0.2) is 4.98 Å². The molecule has 0 bridgehead atoms. The van der Waals surface area contributed by atoms with E-state index < -0.39 is 0 Å². The van der Waals surface area contributed by atoms with Crippen molar-refractivity contribution in [2.24, 2.45) is 4.99 Å². The van der Waals surface area contributed by atoms with Crippen molar-refractivity contribution in [1.82, 2.24) is 15.6 Å². The van der Waals surface area contributed by atoms with Crippen LogP contribution in [0.1, 0.15) is 55.8 Å². The van der Waals surface area contributed by atoms with Crippen molar-refractivity contribution in [3.63, 3.8) is 0 Å². The van der Waals surface area contributed by atoms with Crippen LogP contribution < -0.4 is 10.6 Å². The minimum absolute atomic E-state index is 0. The van der Waals surface area contributed by atoms with Crippen LogP contribution in [-0.2, 0) is 22.5 Å². The van der Waals surface area contributed by atoms with Gasteiger partial charge in [0.15, 0.2) is 5.96 Å². The lowest BCUT2D eigenvalue weighted by atomic mass is 10.1. The Morgan fingerprint density at radius 3 is 2.64 bits per heavy atom. The zero-order chi connectivity index (χ0) is 17.6. The fourth-order valence-electron chi connectivity index (χ4n) is 2.16. The number of nitrogens with zero attached hydrogens (tertiary/aromatic N) is 2. The third-order valence-electron chi connectivity index (χ3n) is 3.49. The number of halogens is 1. The number of aliphatic imine (C=N–C) groups is 1. The molecule has 1 rings (SSSR count). The van der Waals surface area contributed by atoms with Crippen LogP contribution >= 0.6 is 35.3 Å². The summed E-state index contributed by atoms with van der Waals surface area (Å²) in [6.07, 6.45) is 7.59. The fourth-order valence-corrected chi connectivity index (χ4v) is 2.96. The number of rotatable bonds is 11. The summed E-state index contributed by atoms with van der Waals surface area (Å²) in [7, 11) is 1.77. The number of esters is 1. The monoisotopic (exact) mass is 482 g/mol. The molecule has 0 unspecified atom stereocenters. The lowest BCUT2D eigenvalue weighted by molar-refractivity contribution is -0.143. The SMILES string of the molecule is CCOC(=O)CCCCCCNC(=NC)NCc1ncc(CC)s1.I. The van der Waals surface area contributed by atoms with E-state index in [2.05, 4.69) is 27.5 Å². The summed E-state index contributed by atoms with van der Waals surface area (Å²) in [5.41, 5.74) is 0. The summed E-state index contributed by atoms with van der Waals surface area (Å²) in [6.45, 7) is 6.01. The Kier molecular flexibility index (Phi) is 14.8. The van der Waals surface area contributed by atoms with Crippen molar-refractivity contribution in [1.29, 1.82) is 0 Å². The van der Waals surface area contributed by atoms with E-state index in [4.69, 9.17) is 4.74 Å². The number of carbonyl (C=O) groups excluding carboxylic acids is 1. The van der Waals surface area contributed by atoms with Gasteiger partial charge in [-0.15, -0.1) is 35.3 Å². The second kappa shape index (κ2) is 15.4. The van der Waals surface area contributed by atoms with Crippen LogP contribution in [0.4, 0.5) is 0 Å². The predicted octanol–water partition coefficient (Wildman–Crippen LogP) is 3.50. The van der Waals surface area contributed by atoms with E-state index >= 15 is 0 Å². The molecule has 1 aromatic heterocycles. The molecule has 144 valence electrons. The first-order valence-corrected chi connectivity index (χ1v) is 9.54. The average molecular weight is 482 g/mol. The normalized spacial score (nSPS) is 10.9. The molecule has 0 spiro atoms. The molecule has 0 aliphatic heterocycles. The average Bonchev–Trinajstić information content (AvgIpc) is 3.05. The number of guanidine groups is 1. The molecule has 1 heterocycles. The summed E-state index contributed by atoms with van der Waals surface area (Å²) < 4.78 is 4.91. The summed E-state index contributed by atoms with van der Waals surface area (Å²) in [5.74, 6) is 0.711. The molecule has 0 aromatic carbocycles. The van der Waals surface area contributed by atoms with E-state index in [1.165, 1.54) is 4.88 Å². The number of nitrogens with one attached hydrogen (secondary N) is 2. The van der Waals surface area contributed by atoms with E-state index in [0.717, 1.165) is 49.6 Å². The van der Waals surface area contributed by atoms with Gasteiger partial charge < -0.3 is 15.4 Å². The van der Waals surface area contributed by atoms with Gasteiger partial charge in [0.2, 0.25) is 0 Å². The molecular weight excluding hydrogens is 451 g/mol. The molecule has 1 aromatic rings.